The number of rotatable bonds is 6. The number of methoxy groups -OCH3 is 2. The highest BCUT2D eigenvalue weighted by Crippen LogP contribution is 2.27. The number of anilines is 2. The minimum absolute atomic E-state index is 0.0130. The van der Waals surface area contributed by atoms with Crippen LogP contribution in [-0.2, 0) is 4.79 Å². The van der Waals surface area contributed by atoms with Gasteiger partial charge < -0.3 is 24.9 Å². The quantitative estimate of drug-likeness (QED) is 0.638. The number of nitrogens with one attached hydrogen (secondary N) is 1. The normalized spacial score (nSPS) is 11.8. The number of ether oxygens (including phenoxy) is 2. The number of nitrogens with two attached hydrogens (primary N) is 1. The summed E-state index contributed by atoms with van der Waals surface area (Å²) in [7, 11) is 3.03. The monoisotopic (exact) mass is 412 g/mol. The SMILES string of the molecule is COc1cc(NC(=O)[C@H](C)n2nc(-c3cc(C)oc3C)cc(N)c2=O)cc(OC)c1. The highest BCUT2D eigenvalue weighted by atomic mass is 16.5. The van der Waals surface area contributed by atoms with Crippen LogP contribution in [0, 0.1) is 13.8 Å². The summed E-state index contributed by atoms with van der Waals surface area (Å²) in [4.78, 5) is 25.4. The van der Waals surface area contributed by atoms with E-state index < -0.39 is 17.5 Å². The molecule has 1 amide bonds. The van der Waals surface area contributed by atoms with Crippen LogP contribution in [0.5, 0.6) is 11.5 Å². The van der Waals surface area contributed by atoms with E-state index in [2.05, 4.69) is 10.4 Å². The molecule has 3 aromatic rings. The number of hydrogen-bond acceptors (Lipinski definition) is 7. The summed E-state index contributed by atoms with van der Waals surface area (Å²) in [6.45, 7) is 5.17. The van der Waals surface area contributed by atoms with Crippen LogP contribution in [0.15, 0.2) is 39.5 Å². The minimum atomic E-state index is -0.926. The van der Waals surface area contributed by atoms with Gasteiger partial charge in [0.15, 0.2) is 0 Å². The van der Waals surface area contributed by atoms with E-state index in [1.54, 1.807) is 38.1 Å². The third-order valence-electron chi connectivity index (χ3n) is 4.64. The van der Waals surface area contributed by atoms with E-state index in [0.29, 0.717) is 40.0 Å². The van der Waals surface area contributed by atoms with Crippen LogP contribution < -0.4 is 26.1 Å². The van der Waals surface area contributed by atoms with E-state index in [1.165, 1.54) is 20.3 Å². The van der Waals surface area contributed by atoms with E-state index >= 15 is 0 Å². The number of amides is 1. The number of nitrogen functional groups attached to an aromatic ring is 1. The van der Waals surface area contributed by atoms with Crippen LogP contribution in [-0.4, -0.2) is 29.9 Å². The fraction of sp³-hybridized carbons (Fsp3) is 0.286. The van der Waals surface area contributed by atoms with Gasteiger partial charge in [0.25, 0.3) is 5.56 Å². The molecule has 0 spiro atoms. The molecule has 1 aromatic carbocycles. The van der Waals surface area contributed by atoms with Gasteiger partial charge in [-0.05, 0) is 32.9 Å². The van der Waals surface area contributed by atoms with Crippen LogP contribution in [0.3, 0.4) is 0 Å². The lowest BCUT2D eigenvalue weighted by Crippen LogP contribution is -2.34. The molecule has 0 fully saturated rings. The predicted octanol–water partition coefficient (Wildman–Crippen LogP) is 2.92. The third-order valence-corrected chi connectivity index (χ3v) is 4.64. The number of aryl methyl sites for hydroxylation is 2. The molecule has 0 aliphatic heterocycles. The summed E-state index contributed by atoms with van der Waals surface area (Å²) in [6.07, 6.45) is 0. The molecule has 3 N–H and O–H groups in total. The Hall–Kier alpha value is -3.75. The maximum atomic E-state index is 12.8. The van der Waals surface area contributed by atoms with Gasteiger partial charge in [-0.1, -0.05) is 0 Å². The van der Waals surface area contributed by atoms with Gasteiger partial charge in [-0.25, -0.2) is 4.68 Å². The summed E-state index contributed by atoms with van der Waals surface area (Å²) >= 11 is 0. The molecule has 158 valence electrons. The molecule has 30 heavy (non-hydrogen) atoms. The average molecular weight is 412 g/mol. The fourth-order valence-electron chi connectivity index (χ4n) is 3.05. The number of benzene rings is 1. The lowest BCUT2D eigenvalue weighted by atomic mass is 10.1. The lowest BCUT2D eigenvalue weighted by Gasteiger charge is -2.16. The van der Waals surface area contributed by atoms with E-state index in [9.17, 15) is 9.59 Å². The van der Waals surface area contributed by atoms with Crippen LogP contribution in [0.2, 0.25) is 0 Å². The smallest absolute Gasteiger partial charge is 0.290 e. The van der Waals surface area contributed by atoms with Crippen molar-refractivity contribution in [3.8, 4) is 22.8 Å². The molecule has 0 saturated heterocycles. The first-order chi connectivity index (χ1) is 14.2. The largest absolute Gasteiger partial charge is 0.497 e. The van der Waals surface area contributed by atoms with Crippen LogP contribution >= 0.6 is 0 Å². The molecular formula is C21H24N4O5. The summed E-state index contributed by atoms with van der Waals surface area (Å²) in [5.74, 6) is 1.94. The third kappa shape index (κ3) is 4.14. The van der Waals surface area contributed by atoms with E-state index in [1.807, 2.05) is 6.92 Å². The first-order valence-corrected chi connectivity index (χ1v) is 9.24. The van der Waals surface area contributed by atoms with Crippen molar-refractivity contribution < 1.29 is 18.7 Å². The molecule has 9 nitrogen and oxygen atoms in total. The first kappa shape index (κ1) is 21.0. The number of carbonyl (C=O) groups excluding carboxylic acids is 1. The molecule has 0 aliphatic carbocycles. The van der Waals surface area contributed by atoms with Gasteiger partial charge in [-0.15, -0.1) is 0 Å². The van der Waals surface area contributed by atoms with Gasteiger partial charge in [-0.2, -0.15) is 5.10 Å². The Bertz CT molecular complexity index is 1130. The van der Waals surface area contributed by atoms with Crippen LogP contribution in [0.4, 0.5) is 11.4 Å². The predicted molar refractivity (Wildman–Crippen MR) is 113 cm³/mol. The van der Waals surface area contributed by atoms with Crippen molar-refractivity contribution in [2.24, 2.45) is 0 Å². The Labute approximate surface area is 173 Å². The van der Waals surface area contributed by atoms with E-state index in [-0.39, 0.29) is 5.69 Å². The minimum Gasteiger partial charge on any atom is -0.497 e. The van der Waals surface area contributed by atoms with Crippen molar-refractivity contribution in [1.29, 1.82) is 0 Å². The number of aromatic nitrogens is 2. The first-order valence-electron chi connectivity index (χ1n) is 9.24. The molecule has 0 aliphatic rings. The summed E-state index contributed by atoms with van der Waals surface area (Å²) in [5, 5.41) is 7.11. The number of hydrogen-bond donors (Lipinski definition) is 2. The van der Waals surface area contributed by atoms with Gasteiger partial charge in [-0.3, -0.25) is 9.59 Å². The second-order valence-electron chi connectivity index (χ2n) is 6.83. The second kappa shape index (κ2) is 8.32. The highest BCUT2D eigenvalue weighted by Gasteiger charge is 2.21. The van der Waals surface area contributed by atoms with E-state index in [4.69, 9.17) is 19.6 Å². The molecule has 2 heterocycles. The van der Waals surface area contributed by atoms with Gasteiger partial charge in [0, 0.05) is 29.4 Å². The maximum Gasteiger partial charge on any atom is 0.290 e. The summed E-state index contributed by atoms with van der Waals surface area (Å²) in [6, 6.07) is 7.33. The molecule has 1 atom stereocenters. The molecule has 0 bridgehead atoms. The lowest BCUT2D eigenvalue weighted by molar-refractivity contribution is -0.119. The van der Waals surface area contributed by atoms with Crippen molar-refractivity contribution in [2.75, 3.05) is 25.3 Å². The molecule has 3 rings (SSSR count). The Kier molecular flexibility index (Phi) is 5.81. The number of carbonyl (C=O) groups is 1. The molecule has 2 aromatic heterocycles. The average Bonchev–Trinajstić information content (AvgIpc) is 3.06. The number of nitrogens with zero attached hydrogens (tertiary/aromatic N) is 2. The van der Waals surface area contributed by atoms with Gasteiger partial charge in [0.05, 0.1) is 19.9 Å². The molecule has 0 unspecified atom stereocenters. The standard InChI is InChI=1S/C21H24N4O5/c1-11-6-17(13(3)30-11)19-10-18(22)21(27)25(24-19)12(2)20(26)23-14-7-15(28-4)9-16(8-14)29-5/h6-10,12H,22H2,1-5H3,(H,23,26)/t12-/m0/s1. The van der Waals surface area contributed by atoms with Crippen molar-refractivity contribution >= 4 is 17.3 Å². The van der Waals surface area contributed by atoms with Crippen molar-refractivity contribution in [2.45, 2.75) is 26.8 Å². The summed E-state index contributed by atoms with van der Waals surface area (Å²) in [5.41, 5.74) is 6.96. The van der Waals surface area contributed by atoms with Crippen molar-refractivity contribution in [1.82, 2.24) is 9.78 Å². The summed E-state index contributed by atoms with van der Waals surface area (Å²) < 4.78 is 17.0. The number of furan rings is 1. The van der Waals surface area contributed by atoms with Crippen molar-refractivity contribution in [3.63, 3.8) is 0 Å². The molecule has 9 heteroatoms. The van der Waals surface area contributed by atoms with Gasteiger partial charge >= 0.3 is 0 Å². The van der Waals surface area contributed by atoms with Gasteiger partial charge in [0.2, 0.25) is 5.91 Å². The fourth-order valence-corrected chi connectivity index (χ4v) is 3.05. The Morgan fingerprint density at radius 2 is 1.77 bits per heavy atom. The molecule has 0 radical (unpaired) electrons. The topological polar surface area (TPSA) is 122 Å². The van der Waals surface area contributed by atoms with Crippen molar-refractivity contribution in [3.05, 3.63) is 52.2 Å². The van der Waals surface area contributed by atoms with Gasteiger partial charge in [0.1, 0.15) is 34.7 Å². The second-order valence-corrected chi connectivity index (χ2v) is 6.83. The highest BCUT2D eigenvalue weighted by molar-refractivity contribution is 5.93. The molecular weight excluding hydrogens is 388 g/mol. The Balaban J connectivity index is 1.94. The Morgan fingerprint density at radius 1 is 1.13 bits per heavy atom. The van der Waals surface area contributed by atoms with E-state index in [0.717, 1.165) is 4.68 Å². The van der Waals surface area contributed by atoms with Crippen LogP contribution in [0.25, 0.3) is 11.3 Å². The Morgan fingerprint density at radius 3 is 2.30 bits per heavy atom. The van der Waals surface area contributed by atoms with Crippen LogP contribution in [0.1, 0.15) is 24.5 Å². The molecule has 0 saturated carbocycles. The maximum absolute atomic E-state index is 12.8. The zero-order valence-electron chi connectivity index (χ0n) is 17.5. The zero-order valence-corrected chi connectivity index (χ0v) is 17.5. The zero-order chi connectivity index (χ0) is 22.0.